The average molecular weight is 449 g/mol. The van der Waals surface area contributed by atoms with E-state index in [4.69, 9.17) is 16.3 Å². The first-order valence-corrected chi connectivity index (χ1v) is 10.7. The van der Waals surface area contributed by atoms with Gasteiger partial charge in [0.05, 0.1) is 0 Å². The maximum absolute atomic E-state index is 13.3. The Morgan fingerprint density at radius 3 is 2.26 bits per heavy atom. The Hall–Kier alpha value is -2.60. The second-order valence-corrected chi connectivity index (χ2v) is 8.18. The van der Waals surface area contributed by atoms with Crippen molar-refractivity contribution in [2.75, 3.05) is 6.61 Å². The van der Waals surface area contributed by atoms with Gasteiger partial charge in [0.25, 0.3) is 5.91 Å². The number of amides is 2. The Labute approximate surface area is 188 Å². The van der Waals surface area contributed by atoms with Gasteiger partial charge >= 0.3 is 0 Å². The fourth-order valence-electron chi connectivity index (χ4n) is 3.05. The van der Waals surface area contributed by atoms with Gasteiger partial charge in [-0.1, -0.05) is 30.7 Å². The van der Waals surface area contributed by atoms with Gasteiger partial charge in [-0.3, -0.25) is 9.59 Å². The number of ether oxygens (including phenoxy) is 1. The van der Waals surface area contributed by atoms with Gasteiger partial charge in [0.2, 0.25) is 5.91 Å². The zero-order chi connectivity index (χ0) is 23.1. The highest BCUT2D eigenvalue weighted by molar-refractivity contribution is 6.32. The van der Waals surface area contributed by atoms with E-state index in [1.165, 1.54) is 17.0 Å². The van der Waals surface area contributed by atoms with Crippen molar-refractivity contribution in [1.29, 1.82) is 0 Å². The van der Waals surface area contributed by atoms with Crippen LogP contribution in [0.25, 0.3) is 0 Å². The molecule has 0 aliphatic rings. The lowest BCUT2D eigenvalue weighted by atomic mass is 10.1. The molecule has 0 aliphatic heterocycles. The van der Waals surface area contributed by atoms with Gasteiger partial charge in [0, 0.05) is 17.6 Å². The topological polar surface area (TPSA) is 58.6 Å². The predicted octanol–water partition coefficient (Wildman–Crippen LogP) is 4.81. The average Bonchev–Trinajstić information content (AvgIpc) is 2.74. The Balaban J connectivity index is 2.18. The molecule has 0 unspecified atom stereocenters. The predicted molar refractivity (Wildman–Crippen MR) is 121 cm³/mol. The van der Waals surface area contributed by atoms with Crippen LogP contribution in [0.5, 0.6) is 5.75 Å². The third-order valence-electron chi connectivity index (χ3n) is 5.21. The molecule has 0 saturated carbocycles. The highest BCUT2D eigenvalue weighted by Gasteiger charge is 2.27. The van der Waals surface area contributed by atoms with Crippen molar-refractivity contribution in [3.63, 3.8) is 0 Å². The van der Waals surface area contributed by atoms with Crippen molar-refractivity contribution >= 4 is 23.4 Å². The fourth-order valence-corrected chi connectivity index (χ4v) is 3.16. The summed E-state index contributed by atoms with van der Waals surface area (Å²) in [5.74, 6) is -0.420. The minimum atomic E-state index is -0.719. The third-order valence-corrected chi connectivity index (χ3v) is 5.80. The molecule has 1 N–H and O–H groups in total. The first kappa shape index (κ1) is 24.7. The van der Waals surface area contributed by atoms with Crippen LogP contribution >= 0.6 is 11.6 Å². The molecule has 2 amide bonds. The van der Waals surface area contributed by atoms with E-state index in [0.29, 0.717) is 10.8 Å². The molecule has 2 atom stereocenters. The second kappa shape index (κ2) is 11.1. The summed E-state index contributed by atoms with van der Waals surface area (Å²) in [7, 11) is 0. The van der Waals surface area contributed by atoms with Crippen LogP contribution in [-0.2, 0) is 16.1 Å². The molecule has 0 fully saturated rings. The molecule has 0 aliphatic carbocycles. The number of aryl methyl sites for hydroxylation is 2. The normalized spacial score (nSPS) is 12.7. The summed E-state index contributed by atoms with van der Waals surface area (Å²) in [6.07, 6.45) is 0.781. The van der Waals surface area contributed by atoms with Crippen LogP contribution in [0, 0.1) is 19.7 Å². The lowest BCUT2D eigenvalue weighted by Gasteiger charge is -2.29. The molecular weight excluding hydrogens is 419 g/mol. The van der Waals surface area contributed by atoms with Crippen molar-refractivity contribution < 1.29 is 18.7 Å². The maximum Gasteiger partial charge on any atom is 0.261 e. The first-order chi connectivity index (χ1) is 14.6. The number of rotatable bonds is 9. The molecule has 0 saturated heterocycles. The first-order valence-electron chi connectivity index (χ1n) is 10.4. The molecule has 0 aromatic heterocycles. The van der Waals surface area contributed by atoms with Crippen molar-refractivity contribution in [2.45, 2.75) is 59.7 Å². The molecule has 31 heavy (non-hydrogen) atoms. The van der Waals surface area contributed by atoms with Crippen molar-refractivity contribution in [1.82, 2.24) is 10.2 Å². The van der Waals surface area contributed by atoms with Crippen molar-refractivity contribution in [2.24, 2.45) is 0 Å². The number of hydrogen-bond donors (Lipinski definition) is 1. The van der Waals surface area contributed by atoms with Crippen LogP contribution in [0.2, 0.25) is 5.02 Å². The van der Waals surface area contributed by atoms with Gasteiger partial charge in [0.15, 0.2) is 6.61 Å². The molecular formula is C24H30ClFN2O3. The third kappa shape index (κ3) is 6.96. The monoisotopic (exact) mass is 448 g/mol. The summed E-state index contributed by atoms with van der Waals surface area (Å²) in [4.78, 5) is 27.2. The highest BCUT2D eigenvalue weighted by atomic mass is 35.5. The summed E-state index contributed by atoms with van der Waals surface area (Å²) < 4.78 is 19.0. The SMILES string of the molecule is CC[C@H](C)NC(=O)[C@H](C)N(Cc1ccc(F)cc1)C(=O)COc1cc(C)c(Cl)c(C)c1. The Kier molecular flexibility index (Phi) is 8.87. The number of benzene rings is 2. The fraction of sp³-hybridized carbons (Fsp3) is 0.417. The molecule has 0 bridgehead atoms. The van der Waals surface area contributed by atoms with E-state index in [1.54, 1.807) is 31.2 Å². The molecule has 7 heteroatoms. The van der Waals surface area contributed by atoms with Gasteiger partial charge in [0.1, 0.15) is 17.6 Å². The molecule has 2 rings (SSSR count). The second-order valence-electron chi connectivity index (χ2n) is 7.80. The lowest BCUT2D eigenvalue weighted by molar-refractivity contribution is -0.142. The number of nitrogens with zero attached hydrogens (tertiary/aromatic N) is 1. The quantitative estimate of drug-likeness (QED) is 0.599. The summed E-state index contributed by atoms with van der Waals surface area (Å²) in [5.41, 5.74) is 2.43. The molecule has 2 aromatic rings. The smallest absolute Gasteiger partial charge is 0.261 e. The molecule has 0 heterocycles. The minimum absolute atomic E-state index is 0.00556. The van der Waals surface area contributed by atoms with Crippen molar-refractivity contribution in [3.8, 4) is 5.75 Å². The number of carbonyl (C=O) groups excluding carboxylic acids is 2. The molecule has 2 aromatic carbocycles. The molecule has 0 radical (unpaired) electrons. The summed E-state index contributed by atoms with van der Waals surface area (Å²) in [6, 6.07) is 8.68. The standard InChI is InChI=1S/C24H30ClFN2O3/c1-6-17(4)27-24(30)18(5)28(13-19-7-9-20(26)10-8-19)22(29)14-31-21-11-15(2)23(25)16(3)12-21/h7-12,17-18H,6,13-14H2,1-5H3,(H,27,30)/t17-,18-/m0/s1. The highest BCUT2D eigenvalue weighted by Crippen LogP contribution is 2.26. The number of halogens is 2. The molecule has 0 spiro atoms. The number of carbonyl (C=O) groups is 2. The van der Waals surface area contributed by atoms with E-state index in [-0.39, 0.29) is 36.8 Å². The van der Waals surface area contributed by atoms with Gasteiger partial charge < -0.3 is 15.0 Å². The largest absolute Gasteiger partial charge is 0.484 e. The summed E-state index contributed by atoms with van der Waals surface area (Å²) in [5, 5.41) is 3.57. The van der Waals surface area contributed by atoms with E-state index in [0.717, 1.165) is 23.1 Å². The van der Waals surface area contributed by atoms with Crippen LogP contribution in [0.4, 0.5) is 4.39 Å². The zero-order valence-corrected chi connectivity index (χ0v) is 19.4. The molecule has 168 valence electrons. The van der Waals surface area contributed by atoms with Gasteiger partial charge in [-0.25, -0.2) is 4.39 Å². The minimum Gasteiger partial charge on any atom is -0.484 e. The van der Waals surface area contributed by atoms with Crippen LogP contribution in [-0.4, -0.2) is 35.4 Å². The van der Waals surface area contributed by atoms with Crippen molar-refractivity contribution in [3.05, 3.63) is 63.9 Å². The van der Waals surface area contributed by atoms with E-state index in [2.05, 4.69) is 5.32 Å². The Morgan fingerprint density at radius 2 is 1.71 bits per heavy atom. The number of nitrogens with one attached hydrogen (secondary N) is 1. The van der Waals surface area contributed by atoms with Crippen LogP contribution < -0.4 is 10.1 Å². The van der Waals surface area contributed by atoms with Gasteiger partial charge in [-0.05, 0) is 75.1 Å². The maximum atomic E-state index is 13.3. The van der Waals surface area contributed by atoms with Crippen LogP contribution in [0.3, 0.4) is 0 Å². The summed E-state index contributed by atoms with van der Waals surface area (Å²) in [6.45, 7) is 9.22. The Morgan fingerprint density at radius 1 is 1.13 bits per heavy atom. The van der Waals surface area contributed by atoms with Crippen LogP contribution in [0.1, 0.15) is 43.9 Å². The molecule has 5 nitrogen and oxygen atoms in total. The number of hydrogen-bond acceptors (Lipinski definition) is 3. The van der Waals surface area contributed by atoms with Gasteiger partial charge in [-0.15, -0.1) is 0 Å². The van der Waals surface area contributed by atoms with E-state index in [1.807, 2.05) is 27.7 Å². The van der Waals surface area contributed by atoms with E-state index in [9.17, 15) is 14.0 Å². The van der Waals surface area contributed by atoms with E-state index < -0.39 is 6.04 Å². The van der Waals surface area contributed by atoms with E-state index >= 15 is 0 Å². The van der Waals surface area contributed by atoms with Gasteiger partial charge in [-0.2, -0.15) is 0 Å². The van der Waals surface area contributed by atoms with Crippen LogP contribution in [0.15, 0.2) is 36.4 Å². The Bertz CT molecular complexity index is 895. The lowest BCUT2D eigenvalue weighted by Crippen LogP contribution is -2.50. The summed E-state index contributed by atoms with van der Waals surface area (Å²) >= 11 is 6.19. The zero-order valence-electron chi connectivity index (χ0n) is 18.7.